The van der Waals surface area contributed by atoms with Crippen LogP contribution in [0.25, 0.3) is 0 Å². The van der Waals surface area contributed by atoms with Gasteiger partial charge >= 0.3 is 0 Å². The minimum absolute atomic E-state index is 0.157. The predicted molar refractivity (Wildman–Crippen MR) is 125 cm³/mol. The molecule has 0 spiro atoms. The first-order valence-corrected chi connectivity index (χ1v) is 10.9. The van der Waals surface area contributed by atoms with Gasteiger partial charge in [-0.1, -0.05) is 42.0 Å². The Morgan fingerprint density at radius 3 is 2.48 bits per heavy atom. The van der Waals surface area contributed by atoms with E-state index in [-0.39, 0.29) is 5.91 Å². The van der Waals surface area contributed by atoms with Crippen molar-refractivity contribution in [3.63, 3.8) is 0 Å². The molecule has 0 aliphatic rings. The molecular formula is C24H24BrN5O. The average Bonchev–Trinajstić information content (AvgIpc) is 3.28. The van der Waals surface area contributed by atoms with Gasteiger partial charge in [-0.3, -0.25) is 14.2 Å². The zero-order chi connectivity index (χ0) is 22.0. The lowest BCUT2D eigenvalue weighted by Gasteiger charge is -2.07. The third kappa shape index (κ3) is 4.94. The van der Waals surface area contributed by atoms with E-state index >= 15 is 0 Å². The Kier molecular flexibility index (Phi) is 6.04. The van der Waals surface area contributed by atoms with Crippen molar-refractivity contribution in [2.45, 2.75) is 33.9 Å². The van der Waals surface area contributed by atoms with E-state index in [1.807, 2.05) is 59.7 Å². The van der Waals surface area contributed by atoms with E-state index in [4.69, 9.17) is 0 Å². The molecule has 2 aromatic heterocycles. The lowest BCUT2D eigenvalue weighted by Crippen LogP contribution is -2.12. The largest absolute Gasteiger partial charge is 0.319 e. The molecule has 6 nitrogen and oxygen atoms in total. The van der Waals surface area contributed by atoms with Crippen LogP contribution in [0.4, 0.5) is 5.69 Å². The van der Waals surface area contributed by atoms with Crippen LogP contribution < -0.4 is 5.32 Å². The smallest absolute Gasteiger partial charge is 0.255 e. The van der Waals surface area contributed by atoms with E-state index in [0.29, 0.717) is 24.3 Å². The number of hydrogen-bond acceptors (Lipinski definition) is 3. The summed E-state index contributed by atoms with van der Waals surface area (Å²) in [5.74, 6) is -0.157. The Morgan fingerprint density at radius 1 is 1.03 bits per heavy atom. The van der Waals surface area contributed by atoms with Crippen molar-refractivity contribution in [1.29, 1.82) is 0 Å². The highest BCUT2D eigenvalue weighted by atomic mass is 79.9. The summed E-state index contributed by atoms with van der Waals surface area (Å²) in [6.07, 6.45) is 3.51. The number of nitrogens with one attached hydrogen (secondary N) is 1. The van der Waals surface area contributed by atoms with Crippen LogP contribution in [0.2, 0.25) is 0 Å². The molecular weight excluding hydrogens is 454 g/mol. The van der Waals surface area contributed by atoms with Gasteiger partial charge in [0.15, 0.2) is 0 Å². The monoisotopic (exact) mass is 477 g/mol. The van der Waals surface area contributed by atoms with Crippen LogP contribution in [0.15, 0.2) is 65.4 Å². The number of halogens is 1. The number of nitrogens with zero attached hydrogens (tertiary/aromatic N) is 4. The Balaban J connectivity index is 1.38. The second-order valence-corrected chi connectivity index (χ2v) is 8.50. The third-order valence-corrected chi connectivity index (χ3v) is 6.31. The molecule has 0 saturated carbocycles. The lowest BCUT2D eigenvalue weighted by atomic mass is 10.1. The second kappa shape index (κ2) is 8.89. The van der Waals surface area contributed by atoms with Crippen molar-refractivity contribution in [1.82, 2.24) is 19.6 Å². The number of carbonyl (C=O) groups excluding carboxylic acids is 1. The number of aryl methyl sites for hydroxylation is 2. The van der Waals surface area contributed by atoms with Crippen molar-refractivity contribution < 1.29 is 4.79 Å². The van der Waals surface area contributed by atoms with Crippen molar-refractivity contribution >= 4 is 27.5 Å². The maximum absolute atomic E-state index is 12.6. The van der Waals surface area contributed by atoms with Crippen LogP contribution in [-0.2, 0) is 13.1 Å². The average molecular weight is 478 g/mol. The number of carbonyl (C=O) groups is 1. The van der Waals surface area contributed by atoms with Gasteiger partial charge in [0.05, 0.1) is 40.8 Å². The third-order valence-electron chi connectivity index (χ3n) is 5.16. The SMILES string of the molecule is Cc1cccc(Cn2cc(NC(=O)c3ccc(Cn4nc(C)c(Br)c4C)cc3)cn2)c1. The number of rotatable bonds is 6. The van der Waals surface area contributed by atoms with Crippen LogP contribution in [0.5, 0.6) is 0 Å². The van der Waals surface area contributed by atoms with Gasteiger partial charge in [0.1, 0.15) is 0 Å². The molecule has 7 heteroatoms. The molecule has 0 unspecified atom stereocenters. The predicted octanol–water partition coefficient (Wildman–Crippen LogP) is 5.12. The number of amides is 1. The van der Waals surface area contributed by atoms with Gasteiger partial charge < -0.3 is 5.32 Å². The number of aromatic nitrogens is 4. The normalized spacial score (nSPS) is 11.0. The molecule has 1 N–H and O–H groups in total. The molecule has 0 aliphatic carbocycles. The number of anilines is 1. The highest BCUT2D eigenvalue weighted by molar-refractivity contribution is 9.10. The molecule has 2 heterocycles. The second-order valence-electron chi connectivity index (χ2n) is 7.71. The van der Waals surface area contributed by atoms with Gasteiger partial charge in [-0.05, 0) is 60.0 Å². The highest BCUT2D eigenvalue weighted by Gasteiger charge is 2.11. The van der Waals surface area contributed by atoms with E-state index in [1.54, 1.807) is 6.20 Å². The van der Waals surface area contributed by atoms with Gasteiger partial charge in [0.2, 0.25) is 0 Å². The Hall–Kier alpha value is -3.19. The van der Waals surface area contributed by atoms with Gasteiger partial charge in [0.25, 0.3) is 5.91 Å². The molecule has 0 aliphatic heterocycles. The summed E-state index contributed by atoms with van der Waals surface area (Å²) < 4.78 is 4.81. The Morgan fingerprint density at radius 2 is 1.81 bits per heavy atom. The fourth-order valence-corrected chi connectivity index (χ4v) is 3.76. The van der Waals surface area contributed by atoms with Crippen LogP contribution in [0.3, 0.4) is 0 Å². The fourth-order valence-electron chi connectivity index (χ4n) is 3.48. The maximum Gasteiger partial charge on any atom is 0.255 e. The Labute approximate surface area is 190 Å². The fraction of sp³-hybridized carbons (Fsp3) is 0.208. The molecule has 4 rings (SSSR count). The van der Waals surface area contributed by atoms with Gasteiger partial charge in [-0.15, -0.1) is 0 Å². The highest BCUT2D eigenvalue weighted by Crippen LogP contribution is 2.21. The van der Waals surface area contributed by atoms with Gasteiger partial charge in [0, 0.05) is 11.8 Å². The number of benzene rings is 2. The van der Waals surface area contributed by atoms with E-state index in [1.165, 1.54) is 11.1 Å². The van der Waals surface area contributed by atoms with Crippen molar-refractivity contribution in [2.75, 3.05) is 5.32 Å². The summed E-state index contributed by atoms with van der Waals surface area (Å²) in [6.45, 7) is 7.40. The van der Waals surface area contributed by atoms with Crippen molar-refractivity contribution in [3.05, 3.63) is 99.0 Å². The maximum atomic E-state index is 12.6. The topological polar surface area (TPSA) is 64.7 Å². The molecule has 1 amide bonds. The lowest BCUT2D eigenvalue weighted by molar-refractivity contribution is 0.102. The molecule has 0 fully saturated rings. The summed E-state index contributed by atoms with van der Waals surface area (Å²) in [4.78, 5) is 12.6. The summed E-state index contributed by atoms with van der Waals surface area (Å²) in [5.41, 5.74) is 6.80. The molecule has 0 saturated heterocycles. The molecule has 0 atom stereocenters. The Bertz CT molecular complexity index is 1220. The minimum Gasteiger partial charge on any atom is -0.319 e. The van der Waals surface area contributed by atoms with E-state index in [2.05, 4.69) is 56.6 Å². The van der Waals surface area contributed by atoms with Crippen LogP contribution in [-0.4, -0.2) is 25.5 Å². The summed E-state index contributed by atoms with van der Waals surface area (Å²) in [7, 11) is 0. The van der Waals surface area contributed by atoms with Crippen molar-refractivity contribution in [2.24, 2.45) is 0 Å². The van der Waals surface area contributed by atoms with Crippen LogP contribution >= 0.6 is 15.9 Å². The molecule has 0 radical (unpaired) electrons. The standard InChI is InChI=1S/C24H24BrN5O/c1-16-5-4-6-20(11-16)13-29-15-22(12-26-29)27-24(31)21-9-7-19(8-10-21)14-30-18(3)23(25)17(2)28-30/h4-12,15H,13-14H2,1-3H3,(H,27,31). The van der Waals surface area contributed by atoms with Crippen LogP contribution in [0, 0.1) is 20.8 Å². The van der Waals surface area contributed by atoms with Crippen LogP contribution in [0.1, 0.15) is 38.4 Å². The zero-order valence-electron chi connectivity index (χ0n) is 17.8. The first-order valence-electron chi connectivity index (χ1n) is 10.1. The van der Waals surface area contributed by atoms with E-state index in [9.17, 15) is 4.79 Å². The van der Waals surface area contributed by atoms with E-state index in [0.717, 1.165) is 21.4 Å². The molecule has 158 valence electrons. The van der Waals surface area contributed by atoms with Gasteiger partial charge in [-0.25, -0.2) is 0 Å². The molecule has 31 heavy (non-hydrogen) atoms. The molecule has 4 aromatic rings. The van der Waals surface area contributed by atoms with Crippen molar-refractivity contribution in [3.8, 4) is 0 Å². The van der Waals surface area contributed by atoms with E-state index < -0.39 is 0 Å². The number of hydrogen-bond donors (Lipinski definition) is 1. The molecule has 0 bridgehead atoms. The summed E-state index contributed by atoms with van der Waals surface area (Å²) in [6, 6.07) is 15.9. The quantitative estimate of drug-likeness (QED) is 0.419. The minimum atomic E-state index is -0.157. The van der Waals surface area contributed by atoms with Gasteiger partial charge in [-0.2, -0.15) is 10.2 Å². The summed E-state index contributed by atoms with van der Waals surface area (Å²) in [5, 5.41) is 11.8. The summed E-state index contributed by atoms with van der Waals surface area (Å²) >= 11 is 3.56. The first kappa shape index (κ1) is 21.1. The zero-order valence-corrected chi connectivity index (χ0v) is 19.3. The molecule has 2 aromatic carbocycles. The first-order chi connectivity index (χ1) is 14.9.